The Balaban J connectivity index is 1.37. The zero-order valence-electron chi connectivity index (χ0n) is 13.5. The van der Waals surface area contributed by atoms with Gasteiger partial charge in [0.25, 0.3) is 5.91 Å². The van der Waals surface area contributed by atoms with E-state index in [4.69, 9.17) is 14.2 Å². The highest BCUT2D eigenvalue weighted by atomic mass is 16.6. The van der Waals surface area contributed by atoms with Gasteiger partial charge in [0, 0.05) is 6.54 Å². The number of hydrogen-bond donors (Lipinski definition) is 1. The van der Waals surface area contributed by atoms with Crippen LogP contribution in [0.25, 0.3) is 0 Å². The summed E-state index contributed by atoms with van der Waals surface area (Å²) in [6.07, 6.45) is 7.19. The molecule has 0 bridgehead atoms. The first kappa shape index (κ1) is 16.1. The number of nitrogens with one attached hydrogen (secondary N) is 1. The van der Waals surface area contributed by atoms with E-state index in [-0.39, 0.29) is 12.5 Å². The van der Waals surface area contributed by atoms with Crippen molar-refractivity contribution < 1.29 is 19.0 Å². The second-order valence-electron chi connectivity index (χ2n) is 6.14. The van der Waals surface area contributed by atoms with Crippen LogP contribution in [0.5, 0.6) is 11.5 Å². The van der Waals surface area contributed by atoms with E-state index in [9.17, 15) is 4.79 Å². The molecule has 0 radical (unpaired) electrons. The molecular weight excluding hydrogens is 294 g/mol. The van der Waals surface area contributed by atoms with Crippen molar-refractivity contribution in [2.45, 2.75) is 50.7 Å². The third-order valence-corrected chi connectivity index (χ3v) is 4.36. The van der Waals surface area contributed by atoms with Crippen LogP contribution in [0.15, 0.2) is 24.3 Å². The Labute approximate surface area is 137 Å². The summed E-state index contributed by atoms with van der Waals surface area (Å²) in [6.45, 7) is 1.31. The van der Waals surface area contributed by atoms with Crippen molar-refractivity contribution in [2.75, 3.05) is 19.8 Å². The van der Waals surface area contributed by atoms with Crippen LogP contribution in [0.2, 0.25) is 0 Å². The maximum absolute atomic E-state index is 12.1. The minimum atomic E-state index is -0.595. The molecule has 1 aromatic carbocycles. The smallest absolute Gasteiger partial charge is 0.264 e. The maximum Gasteiger partial charge on any atom is 0.264 e. The summed E-state index contributed by atoms with van der Waals surface area (Å²) in [5, 5.41) is 2.87. The number of carbonyl (C=O) groups excluding carboxylic acids is 1. The highest BCUT2D eigenvalue weighted by Crippen LogP contribution is 2.30. The van der Waals surface area contributed by atoms with E-state index in [1.807, 2.05) is 24.3 Å². The number of amides is 1. The average molecular weight is 319 g/mol. The van der Waals surface area contributed by atoms with Gasteiger partial charge >= 0.3 is 0 Å². The topological polar surface area (TPSA) is 56.8 Å². The molecule has 1 aliphatic heterocycles. The van der Waals surface area contributed by atoms with Gasteiger partial charge in [-0.15, -0.1) is 0 Å². The number of ether oxygens (including phenoxy) is 3. The van der Waals surface area contributed by atoms with Crippen molar-refractivity contribution in [3.05, 3.63) is 24.3 Å². The molecule has 2 aliphatic rings. The van der Waals surface area contributed by atoms with Crippen LogP contribution >= 0.6 is 0 Å². The van der Waals surface area contributed by atoms with Gasteiger partial charge in [0.2, 0.25) is 6.10 Å². The molecule has 3 rings (SSSR count). The average Bonchev–Trinajstić information content (AvgIpc) is 2.87. The van der Waals surface area contributed by atoms with Gasteiger partial charge in [-0.05, 0) is 25.0 Å². The highest BCUT2D eigenvalue weighted by Gasteiger charge is 2.26. The molecule has 0 aromatic heterocycles. The van der Waals surface area contributed by atoms with Gasteiger partial charge in [-0.3, -0.25) is 4.79 Å². The summed E-state index contributed by atoms with van der Waals surface area (Å²) >= 11 is 0. The molecule has 1 atom stereocenters. The highest BCUT2D eigenvalue weighted by molar-refractivity contribution is 5.81. The first-order chi connectivity index (χ1) is 11.3. The van der Waals surface area contributed by atoms with E-state index < -0.39 is 6.10 Å². The Morgan fingerprint density at radius 2 is 1.87 bits per heavy atom. The molecule has 0 spiro atoms. The fourth-order valence-corrected chi connectivity index (χ4v) is 3.07. The third kappa shape index (κ3) is 4.61. The fourth-order valence-electron chi connectivity index (χ4n) is 3.07. The molecule has 1 aliphatic carbocycles. The summed E-state index contributed by atoms with van der Waals surface area (Å²) in [5.41, 5.74) is 0. The SMILES string of the molecule is O=C(NCCOC1CCCCCC1)[C@H]1COc2ccccc2O1. The summed E-state index contributed by atoms with van der Waals surface area (Å²) in [6, 6.07) is 7.39. The number of carbonyl (C=O) groups is 1. The van der Waals surface area contributed by atoms with Crippen LogP contribution in [-0.2, 0) is 9.53 Å². The maximum atomic E-state index is 12.1. The van der Waals surface area contributed by atoms with Crippen molar-refractivity contribution in [1.29, 1.82) is 0 Å². The Morgan fingerprint density at radius 3 is 2.65 bits per heavy atom. The predicted octanol–water partition coefficient (Wildman–Crippen LogP) is 2.68. The van der Waals surface area contributed by atoms with Crippen molar-refractivity contribution in [3.63, 3.8) is 0 Å². The van der Waals surface area contributed by atoms with Gasteiger partial charge in [-0.2, -0.15) is 0 Å². The van der Waals surface area contributed by atoms with Gasteiger partial charge in [0.05, 0.1) is 12.7 Å². The lowest BCUT2D eigenvalue weighted by molar-refractivity contribution is -0.130. The number of benzene rings is 1. The van der Waals surface area contributed by atoms with Gasteiger partial charge in [-0.1, -0.05) is 37.8 Å². The minimum absolute atomic E-state index is 0.149. The van der Waals surface area contributed by atoms with E-state index in [0.29, 0.717) is 30.8 Å². The van der Waals surface area contributed by atoms with E-state index >= 15 is 0 Å². The quantitative estimate of drug-likeness (QED) is 0.670. The van der Waals surface area contributed by atoms with E-state index in [1.54, 1.807) is 0 Å². The number of para-hydroxylation sites is 2. The first-order valence-corrected chi connectivity index (χ1v) is 8.61. The molecule has 126 valence electrons. The van der Waals surface area contributed by atoms with Gasteiger partial charge in [0.15, 0.2) is 11.5 Å². The molecule has 1 N–H and O–H groups in total. The monoisotopic (exact) mass is 319 g/mol. The van der Waals surface area contributed by atoms with Crippen molar-refractivity contribution in [2.24, 2.45) is 0 Å². The van der Waals surface area contributed by atoms with Gasteiger partial charge in [-0.25, -0.2) is 0 Å². The van der Waals surface area contributed by atoms with E-state index in [1.165, 1.54) is 25.7 Å². The molecule has 1 amide bonds. The molecule has 1 aromatic rings. The Bertz CT molecular complexity index is 511. The normalized spacial score (nSPS) is 21.5. The second-order valence-corrected chi connectivity index (χ2v) is 6.14. The lowest BCUT2D eigenvalue weighted by atomic mass is 10.1. The van der Waals surface area contributed by atoms with Crippen molar-refractivity contribution in [1.82, 2.24) is 5.32 Å². The lowest BCUT2D eigenvalue weighted by Crippen LogP contribution is -2.45. The zero-order valence-corrected chi connectivity index (χ0v) is 13.5. The molecule has 5 heteroatoms. The molecule has 1 fully saturated rings. The van der Waals surface area contributed by atoms with Crippen LogP contribution in [-0.4, -0.2) is 37.9 Å². The number of rotatable bonds is 5. The summed E-state index contributed by atoms with van der Waals surface area (Å²) in [5.74, 6) is 1.16. The molecule has 5 nitrogen and oxygen atoms in total. The molecule has 1 saturated carbocycles. The molecule has 0 unspecified atom stereocenters. The minimum Gasteiger partial charge on any atom is -0.485 e. The summed E-state index contributed by atoms with van der Waals surface area (Å²) in [7, 11) is 0. The second kappa shape index (κ2) is 8.20. The standard InChI is InChI=1S/C18H25NO4/c20-18(17-13-22-15-9-5-6-10-16(15)23-17)19-11-12-21-14-7-3-1-2-4-8-14/h5-6,9-10,14,17H,1-4,7-8,11-13H2,(H,19,20)/t17-/m1/s1. The Kier molecular flexibility index (Phi) is 5.75. The van der Waals surface area contributed by atoms with Crippen LogP contribution < -0.4 is 14.8 Å². The van der Waals surface area contributed by atoms with Crippen LogP contribution in [0.4, 0.5) is 0 Å². The Hall–Kier alpha value is -1.75. The Morgan fingerprint density at radius 1 is 1.13 bits per heavy atom. The largest absolute Gasteiger partial charge is 0.485 e. The van der Waals surface area contributed by atoms with Crippen molar-refractivity contribution in [3.8, 4) is 11.5 Å². The molecule has 23 heavy (non-hydrogen) atoms. The van der Waals surface area contributed by atoms with E-state index in [0.717, 1.165) is 12.8 Å². The van der Waals surface area contributed by atoms with Crippen LogP contribution in [0.3, 0.4) is 0 Å². The molecule has 1 heterocycles. The first-order valence-electron chi connectivity index (χ1n) is 8.61. The number of hydrogen-bond acceptors (Lipinski definition) is 4. The van der Waals surface area contributed by atoms with Crippen LogP contribution in [0.1, 0.15) is 38.5 Å². The van der Waals surface area contributed by atoms with Crippen LogP contribution in [0, 0.1) is 0 Å². The molecule has 0 saturated heterocycles. The van der Waals surface area contributed by atoms with Gasteiger partial charge in [0.1, 0.15) is 6.61 Å². The van der Waals surface area contributed by atoms with E-state index in [2.05, 4.69) is 5.32 Å². The lowest BCUT2D eigenvalue weighted by Gasteiger charge is -2.25. The van der Waals surface area contributed by atoms with Gasteiger partial charge < -0.3 is 19.5 Å². The third-order valence-electron chi connectivity index (χ3n) is 4.36. The zero-order chi connectivity index (χ0) is 15.9. The van der Waals surface area contributed by atoms with Crippen molar-refractivity contribution >= 4 is 5.91 Å². The molecular formula is C18H25NO4. The summed E-state index contributed by atoms with van der Waals surface area (Å²) in [4.78, 5) is 12.1. The number of fused-ring (bicyclic) bond motifs is 1. The fraction of sp³-hybridized carbons (Fsp3) is 0.611. The predicted molar refractivity (Wildman–Crippen MR) is 86.8 cm³/mol. The summed E-state index contributed by atoms with van der Waals surface area (Å²) < 4.78 is 17.1.